The van der Waals surface area contributed by atoms with Crippen LogP contribution in [0.2, 0.25) is 0 Å². The maximum absolute atomic E-state index is 12.5. The van der Waals surface area contributed by atoms with Gasteiger partial charge in [-0.3, -0.25) is 9.69 Å². The van der Waals surface area contributed by atoms with Crippen molar-refractivity contribution in [2.75, 3.05) is 39.4 Å². The first-order valence-corrected chi connectivity index (χ1v) is 8.82. The third-order valence-electron chi connectivity index (χ3n) is 4.71. The van der Waals surface area contributed by atoms with Crippen molar-refractivity contribution in [3.63, 3.8) is 0 Å². The van der Waals surface area contributed by atoms with Crippen molar-refractivity contribution in [2.24, 2.45) is 5.92 Å². The largest absolute Gasteiger partial charge is 0.381 e. The molecule has 0 N–H and O–H groups in total. The van der Waals surface area contributed by atoms with Crippen LogP contribution >= 0.6 is 11.3 Å². The summed E-state index contributed by atoms with van der Waals surface area (Å²) in [4.78, 5) is 17.0. The van der Waals surface area contributed by atoms with Crippen molar-refractivity contribution in [1.29, 1.82) is 0 Å². The van der Waals surface area contributed by atoms with E-state index in [1.165, 1.54) is 5.56 Å². The predicted molar refractivity (Wildman–Crippen MR) is 84.4 cm³/mol. The monoisotopic (exact) mass is 308 g/mol. The number of carbonyl (C=O) groups is 1. The van der Waals surface area contributed by atoms with Crippen LogP contribution in [0.15, 0.2) is 16.8 Å². The number of ether oxygens (including phenoxy) is 1. The van der Waals surface area contributed by atoms with E-state index in [1.807, 2.05) is 4.90 Å². The van der Waals surface area contributed by atoms with E-state index in [2.05, 4.69) is 28.7 Å². The number of piperazine rings is 1. The molecular formula is C16H24N2O2S. The molecule has 3 rings (SSSR count). The summed E-state index contributed by atoms with van der Waals surface area (Å²) < 4.78 is 5.45. The molecule has 5 heteroatoms. The molecule has 1 aromatic rings. The van der Waals surface area contributed by atoms with E-state index in [-0.39, 0.29) is 5.92 Å². The van der Waals surface area contributed by atoms with Crippen LogP contribution in [-0.4, -0.2) is 55.1 Å². The fraction of sp³-hybridized carbons (Fsp3) is 0.688. The highest BCUT2D eigenvalue weighted by Gasteiger charge is 2.30. The molecule has 21 heavy (non-hydrogen) atoms. The normalized spacial score (nSPS) is 25.8. The van der Waals surface area contributed by atoms with Crippen LogP contribution in [-0.2, 0) is 9.53 Å². The number of nitrogens with zero attached hydrogens (tertiary/aromatic N) is 2. The fourth-order valence-electron chi connectivity index (χ4n) is 3.25. The van der Waals surface area contributed by atoms with Crippen molar-refractivity contribution in [3.05, 3.63) is 22.4 Å². The van der Waals surface area contributed by atoms with Crippen LogP contribution in [0.5, 0.6) is 0 Å². The highest BCUT2D eigenvalue weighted by molar-refractivity contribution is 7.07. The molecule has 2 fully saturated rings. The molecule has 116 valence electrons. The summed E-state index contributed by atoms with van der Waals surface area (Å²) in [5.74, 6) is 0.400. The molecule has 3 heterocycles. The lowest BCUT2D eigenvalue weighted by atomic mass is 10.00. The van der Waals surface area contributed by atoms with Crippen LogP contribution in [0, 0.1) is 5.92 Å². The van der Waals surface area contributed by atoms with Gasteiger partial charge in [0, 0.05) is 38.8 Å². The van der Waals surface area contributed by atoms with Crippen molar-refractivity contribution >= 4 is 17.2 Å². The summed E-state index contributed by atoms with van der Waals surface area (Å²) in [6, 6.07) is 2.65. The predicted octanol–water partition coefficient (Wildman–Crippen LogP) is 2.38. The number of rotatable bonds is 3. The maximum Gasteiger partial charge on any atom is 0.228 e. The Morgan fingerprint density at radius 1 is 1.38 bits per heavy atom. The zero-order chi connectivity index (χ0) is 14.7. The Bertz CT molecular complexity index is 449. The second kappa shape index (κ2) is 6.90. The van der Waals surface area contributed by atoms with Crippen LogP contribution in [0.3, 0.4) is 0 Å². The Morgan fingerprint density at radius 3 is 2.81 bits per heavy atom. The van der Waals surface area contributed by atoms with E-state index in [0.717, 1.165) is 45.6 Å². The fourth-order valence-corrected chi connectivity index (χ4v) is 3.99. The summed E-state index contributed by atoms with van der Waals surface area (Å²) in [5, 5.41) is 4.36. The molecule has 2 aliphatic heterocycles. The summed E-state index contributed by atoms with van der Waals surface area (Å²) in [6.45, 7) is 7.33. The third-order valence-corrected chi connectivity index (χ3v) is 5.41. The first kappa shape index (κ1) is 15.0. The summed E-state index contributed by atoms with van der Waals surface area (Å²) in [5.41, 5.74) is 1.39. The summed E-state index contributed by atoms with van der Waals surface area (Å²) in [6.07, 6.45) is 2.01. The van der Waals surface area contributed by atoms with Gasteiger partial charge in [-0.05, 0) is 42.2 Å². The van der Waals surface area contributed by atoms with E-state index in [9.17, 15) is 4.79 Å². The second-order valence-corrected chi connectivity index (χ2v) is 6.79. The number of hydrogen-bond donors (Lipinski definition) is 0. The molecule has 2 atom stereocenters. The molecular weight excluding hydrogens is 284 g/mol. The molecule has 2 saturated heterocycles. The first-order valence-electron chi connectivity index (χ1n) is 7.88. The van der Waals surface area contributed by atoms with Crippen LogP contribution < -0.4 is 0 Å². The minimum Gasteiger partial charge on any atom is -0.381 e. The molecule has 0 bridgehead atoms. The highest BCUT2D eigenvalue weighted by atomic mass is 32.1. The van der Waals surface area contributed by atoms with Gasteiger partial charge in [0.15, 0.2) is 0 Å². The summed E-state index contributed by atoms with van der Waals surface area (Å²) >= 11 is 1.75. The molecule has 0 saturated carbocycles. The number of amides is 1. The third kappa shape index (κ3) is 3.47. The molecule has 1 amide bonds. The van der Waals surface area contributed by atoms with Crippen LogP contribution in [0.25, 0.3) is 0 Å². The molecule has 0 spiro atoms. The van der Waals surface area contributed by atoms with Crippen molar-refractivity contribution in [3.8, 4) is 0 Å². The molecule has 2 aliphatic rings. The Balaban J connectivity index is 1.51. The van der Waals surface area contributed by atoms with Gasteiger partial charge in [0.1, 0.15) is 0 Å². The zero-order valence-electron chi connectivity index (χ0n) is 12.7. The average Bonchev–Trinajstić information content (AvgIpc) is 3.09. The Labute approximate surface area is 130 Å². The van der Waals surface area contributed by atoms with Gasteiger partial charge in [0.05, 0.1) is 12.5 Å². The Morgan fingerprint density at radius 2 is 2.19 bits per heavy atom. The van der Waals surface area contributed by atoms with Crippen molar-refractivity contribution in [2.45, 2.75) is 25.8 Å². The average molecular weight is 308 g/mol. The number of carbonyl (C=O) groups excluding carboxylic acids is 1. The van der Waals surface area contributed by atoms with Gasteiger partial charge < -0.3 is 9.64 Å². The van der Waals surface area contributed by atoms with Gasteiger partial charge in [-0.2, -0.15) is 11.3 Å². The van der Waals surface area contributed by atoms with Crippen molar-refractivity contribution < 1.29 is 9.53 Å². The van der Waals surface area contributed by atoms with E-state index >= 15 is 0 Å². The van der Waals surface area contributed by atoms with Gasteiger partial charge in [-0.15, -0.1) is 0 Å². The second-order valence-electron chi connectivity index (χ2n) is 6.01. The van der Waals surface area contributed by atoms with Gasteiger partial charge >= 0.3 is 0 Å². The topological polar surface area (TPSA) is 32.8 Å². The Hall–Kier alpha value is -0.910. The lowest BCUT2D eigenvalue weighted by Gasteiger charge is -2.39. The minimum absolute atomic E-state index is 0.0968. The van der Waals surface area contributed by atoms with Crippen LogP contribution in [0.1, 0.15) is 31.4 Å². The Kier molecular flexibility index (Phi) is 4.93. The lowest BCUT2D eigenvalue weighted by Crippen LogP contribution is -2.51. The molecule has 0 radical (unpaired) electrons. The van der Waals surface area contributed by atoms with Gasteiger partial charge in [0.2, 0.25) is 5.91 Å². The highest BCUT2D eigenvalue weighted by Crippen LogP contribution is 2.24. The van der Waals surface area contributed by atoms with Crippen LogP contribution in [0.4, 0.5) is 0 Å². The molecule has 0 aliphatic carbocycles. The van der Waals surface area contributed by atoms with Gasteiger partial charge in [0.25, 0.3) is 0 Å². The van der Waals surface area contributed by atoms with E-state index < -0.39 is 0 Å². The number of hydrogen-bond acceptors (Lipinski definition) is 4. The van der Waals surface area contributed by atoms with Gasteiger partial charge in [-0.1, -0.05) is 0 Å². The quantitative estimate of drug-likeness (QED) is 0.859. The molecule has 1 aromatic heterocycles. The minimum atomic E-state index is 0.0968. The number of thiophene rings is 1. The maximum atomic E-state index is 12.5. The van der Waals surface area contributed by atoms with E-state index in [4.69, 9.17) is 4.74 Å². The van der Waals surface area contributed by atoms with E-state index in [1.54, 1.807) is 11.3 Å². The molecule has 0 aromatic carbocycles. The lowest BCUT2D eigenvalue weighted by molar-refractivity contribution is -0.141. The van der Waals surface area contributed by atoms with Gasteiger partial charge in [-0.25, -0.2) is 0 Å². The molecule has 0 unspecified atom stereocenters. The van der Waals surface area contributed by atoms with Crippen molar-refractivity contribution in [1.82, 2.24) is 9.80 Å². The smallest absolute Gasteiger partial charge is 0.228 e. The zero-order valence-corrected chi connectivity index (χ0v) is 13.5. The van der Waals surface area contributed by atoms with E-state index in [0.29, 0.717) is 18.6 Å². The molecule has 4 nitrogen and oxygen atoms in total. The SMILES string of the molecule is C[C@H](c1ccsc1)N1CCN(C(=O)[C@@H]2CCCOC2)CC1. The standard InChI is InChI=1S/C16H24N2O2S/c1-13(15-4-10-21-12-15)17-5-7-18(8-6-17)16(19)14-3-2-9-20-11-14/h4,10,12-14H,2-3,5-9,11H2,1H3/t13-,14-/m1/s1. The first-order chi connectivity index (χ1) is 10.3. The summed E-state index contributed by atoms with van der Waals surface area (Å²) in [7, 11) is 0.